The number of nitrogens with one attached hydrogen (secondary N) is 1. The summed E-state index contributed by atoms with van der Waals surface area (Å²) in [6.45, 7) is 1.06. The highest BCUT2D eigenvalue weighted by Crippen LogP contribution is 2.45. The third-order valence-electron chi connectivity index (χ3n) is 4.03. The quantitative estimate of drug-likeness (QED) is 0.875. The molecule has 2 aromatic carbocycles. The van der Waals surface area contributed by atoms with E-state index in [9.17, 15) is 4.79 Å². The first-order valence-corrected chi connectivity index (χ1v) is 7.58. The second-order valence-corrected chi connectivity index (χ2v) is 5.82. The van der Waals surface area contributed by atoms with E-state index in [4.69, 9.17) is 21.1 Å². The van der Waals surface area contributed by atoms with Crippen LogP contribution in [0.15, 0.2) is 36.4 Å². The summed E-state index contributed by atoms with van der Waals surface area (Å²) in [6.07, 6.45) is 0.371. The monoisotopic (exact) mass is 315 g/mol. The lowest BCUT2D eigenvalue weighted by atomic mass is 9.84. The zero-order chi connectivity index (χ0) is 15.1. The van der Waals surface area contributed by atoms with E-state index in [0.717, 1.165) is 22.6 Å². The van der Waals surface area contributed by atoms with E-state index in [1.807, 2.05) is 36.4 Å². The Morgan fingerprint density at radius 1 is 1.05 bits per heavy atom. The molecule has 1 atom stereocenters. The highest BCUT2D eigenvalue weighted by Gasteiger charge is 2.30. The van der Waals surface area contributed by atoms with Crippen LogP contribution in [0.3, 0.4) is 0 Å². The average molecular weight is 316 g/mol. The summed E-state index contributed by atoms with van der Waals surface area (Å²) >= 11 is 6.33. The van der Waals surface area contributed by atoms with Crippen LogP contribution < -0.4 is 14.8 Å². The maximum absolute atomic E-state index is 12.1. The molecule has 1 N–H and O–H groups in total. The topological polar surface area (TPSA) is 47.6 Å². The van der Waals surface area contributed by atoms with Crippen molar-refractivity contribution in [2.75, 3.05) is 18.5 Å². The first kappa shape index (κ1) is 13.5. The van der Waals surface area contributed by atoms with Crippen LogP contribution in [-0.2, 0) is 4.79 Å². The number of ether oxygens (including phenoxy) is 2. The Kier molecular flexibility index (Phi) is 3.19. The molecule has 0 aliphatic carbocycles. The lowest BCUT2D eigenvalue weighted by Crippen LogP contribution is -2.25. The molecule has 2 aromatic rings. The SMILES string of the molecule is O=C1CC(c2ccccc2Cl)c2cc3c(cc2N1)OCCO3. The first-order valence-electron chi connectivity index (χ1n) is 7.20. The van der Waals surface area contributed by atoms with Crippen LogP contribution in [0.5, 0.6) is 11.5 Å². The van der Waals surface area contributed by atoms with Crippen molar-refractivity contribution in [2.45, 2.75) is 12.3 Å². The minimum absolute atomic E-state index is 0.0194. The maximum Gasteiger partial charge on any atom is 0.225 e. The fourth-order valence-electron chi connectivity index (χ4n) is 3.03. The molecule has 0 saturated carbocycles. The number of carbonyl (C=O) groups excluding carboxylic acids is 1. The van der Waals surface area contributed by atoms with Gasteiger partial charge in [-0.2, -0.15) is 0 Å². The summed E-state index contributed by atoms with van der Waals surface area (Å²) in [5.74, 6) is 1.30. The van der Waals surface area contributed by atoms with E-state index in [2.05, 4.69) is 5.32 Å². The Balaban J connectivity index is 1.86. The van der Waals surface area contributed by atoms with Crippen LogP contribution in [-0.4, -0.2) is 19.1 Å². The van der Waals surface area contributed by atoms with Crippen molar-refractivity contribution in [1.82, 2.24) is 0 Å². The molecule has 1 unspecified atom stereocenters. The molecule has 0 fully saturated rings. The van der Waals surface area contributed by atoms with Crippen LogP contribution >= 0.6 is 11.6 Å². The minimum atomic E-state index is -0.0757. The molecule has 0 saturated heterocycles. The molecule has 4 nitrogen and oxygen atoms in total. The second kappa shape index (κ2) is 5.21. The lowest BCUT2D eigenvalue weighted by Gasteiger charge is -2.29. The van der Waals surface area contributed by atoms with Gasteiger partial charge in [-0.05, 0) is 23.3 Å². The summed E-state index contributed by atoms with van der Waals surface area (Å²) in [5.41, 5.74) is 2.74. The second-order valence-electron chi connectivity index (χ2n) is 5.41. The molecule has 0 bridgehead atoms. The molecule has 0 aromatic heterocycles. The molecular formula is C17H14ClNO3. The number of benzene rings is 2. The van der Waals surface area contributed by atoms with Gasteiger partial charge in [0, 0.05) is 29.1 Å². The number of hydrogen-bond donors (Lipinski definition) is 1. The standard InChI is InChI=1S/C17H14ClNO3/c18-13-4-2-1-3-10(13)11-8-17(20)19-14-9-16-15(7-12(11)14)21-5-6-22-16/h1-4,7,9,11H,5-6,8H2,(H,19,20). The Morgan fingerprint density at radius 2 is 1.77 bits per heavy atom. The van der Waals surface area contributed by atoms with Gasteiger partial charge >= 0.3 is 0 Å². The highest BCUT2D eigenvalue weighted by atomic mass is 35.5. The Hall–Kier alpha value is -2.20. The smallest absolute Gasteiger partial charge is 0.225 e. The molecule has 22 heavy (non-hydrogen) atoms. The molecule has 2 aliphatic heterocycles. The van der Waals surface area contributed by atoms with Crippen molar-refractivity contribution in [3.8, 4) is 11.5 Å². The zero-order valence-corrected chi connectivity index (χ0v) is 12.5. The Morgan fingerprint density at radius 3 is 2.55 bits per heavy atom. The van der Waals surface area contributed by atoms with E-state index in [-0.39, 0.29) is 11.8 Å². The fraction of sp³-hybridized carbons (Fsp3) is 0.235. The molecule has 2 heterocycles. The number of anilines is 1. The highest BCUT2D eigenvalue weighted by molar-refractivity contribution is 6.31. The minimum Gasteiger partial charge on any atom is -0.486 e. The Bertz CT molecular complexity index is 760. The number of hydrogen-bond acceptors (Lipinski definition) is 3. The van der Waals surface area contributed by atoms with Crippen LogP contribution in [0.2, 0.25) is 5.02 Å². The average Bonchev–Trinajstić information content (AvgIpc) is 2.53. The van der Waals surface area contributed by atoms with Gasteiger partial charge in [-0.15, -0.1) is 0 Å². The van der Waals surface area contributed by atoms with Gasteiger partial charge in [-0.25, -0.2) is 0 Å². The molecule has 0 radical (unpaired) electrons. The van der Waals surface area contributed by atoms with Crippen LogP contribution in [0.1, 0.15) is 23.5 Å². The third-order valence-corrected chi connectivity index (χ3v) is 4.38. The summed E-state index contributed by atoms with van der Waals surface area (Å²) in [7, 11) is 0. The normalized spacial score (nSPS) is 19.3. The van der Waals surface area contributed by atoms with Crippen molar-refractivity contribution >= 4 is 23.2 Å². The summed E-state index contributed by atoms with van der Waals surface area (Å²) < 4.78 is 11.2. The molecule has 2 aliphatic rings. The summed E-state index contributed by atoms with van der Waals surface area (Å²) in [4.78, 5) is 12.1. The third kappa shape index (κ3) is 2.20. The van der Waals surface area contributed by atoms with Gasteiger partial charge < -0.3 is 14.8 Å². The van der Waals surface area contributed by atoms with Gasteiger partial charge in [0.05, 0.1) is 0 Å². The van der Waals surface area contributed by atoms with Crippen LogP contribution in [0, 0.1) is 0 Å². The summed E-state index contributed by atoms with van der Waals surface area (Å²) in [5, 5.41) is 3.58. The van der Waals surface area contributed by atoms with E-state index >= 15 is 0 Å². The van der Waals surface area contributed by atoms with Gasteiger partial charge in [0.2, 0.25) is 5.91 Å². The van der Waals surface area contributed by atoms with Gasteiger partial charge in [0.15, 0.2) is 11.5 Å². The van der Waals surface area contributed by atoms with Crippen molar-refractivity contribution in [3.63, 3.8) is 0 Å². The van der Waals surface area contributed by atoms with Gasteiger partial charge in [-0.1, -0.05) is 29.8 Å². The first-order chi connectivity index (χ1) is 10.7. The van der Waals surface area contributed by atoms with E-state index in [1.165, 1.54) is 0 Å². The van der Waals surface area contributed by atoms with Crippen LogP contribution in [0.25, 0.3) is 0 Å². The van der Waals surface area contributed by atoms with E-state index in [1.54, 1.807) is 0 Å². The largest absolute Gasteiger partial charge is 0.486 e. The molecular weight excluding hydrogens is 302 g/mol. The number of rotatable bonds is 1. The van der Waals surface area contributed by atoms with Crippen molar-refractivity contribution < 1.29 is 14.3 Å². The number of amides is 1. The van der Waals surface area contributed by atoms with Crippen LogP contribution in [0.4, 0.5) is 5.69 Å². The van der Waals surface area contributed by atoms with Gasteiger partial charge in [0.1, 0.15) is 13.2 Å². The summed E-state index contributed by atoms with van der Waals surface area (Å²) in [6, 6.07) is 11.4. The predicted molar refractivity (Wildman–Crippen MR) is 84.0 cm³/mol. The van der Waals surface area contributed by atoms with Gasteiger partial charge in [-0.3, -0.25) is 4.79 Å². The molecule has 1 amide bonds. The molecule has 4 rings (SSSR count). The predicted octanol–water partition coefficient (Wildman–Crippen LogP) is 3.59. The van der Waals surface area contributed by atoms with Crippen molar-refractivity contribution in [1.29, 1.82) is 0 Å². The van der Waals surface area contributed by atoms with Crippen molar-refractivity contribution in [3.05, 3.63) is 52.5 Å². The fourth-order valence-corrected chi connectivity index (χ4v) is 3.30. The van der Waals surface area contributed by atoms with E-state index in [0.29, 0.717) is 30.4 Å². The molecule has 112 valence electrons. The Labute approximate surface area is 133 Å². The molecule has 0 spiro atoms. The van der Waals surface area contributed by atoms with E-state index < -0.39 is 0 Å². The zero-order valence-electron chi connectivity index (χ0n) is 11.8. The number of fused-ring (bicyclic) bond motifs is 2. The molecule has 5 heteroatoms. The maximum atomic E-state index is 12.1. The number of carbonyl (C=O) groups is 1. The number of halogens is 1. The van der Waals surface area contributed by atoms with Gasteiger partial charge in [0.25, 0.3) is 0 Å². The lowest BCUT2D eigenvalue weighted by molar-refractivity contribution is -0.116. The van der Waals surface area contributed by atoms with Crippen molar-refractivity contribution in [2.24, 2.45) is 0 Å².